The van der Waals surface area contributed by atoms with E-state index in [1.165, 1.54) is 0 Å². The normalized spacial score (nSPS) is 11.9. The summed E-state index contributed by atoms with van der Waals surface area (Å²) >= 11 is 3.22. The van der Waals surface area contributed by atoms with Gasteiger partial charge in [-0.2, -0.15) is 5.10 Å². The zero-order valence-electron chi connectivity index (χ0n) is 11.4. The highest BCUT2D eigenvalue weighted by molar-refractivity contribution is 9.11. The molecular weight excluding hydrogens is 324 g/mol. The minimum absolute atomic E-state index is 0.298. The summed E-state index contributed by atoms with van der Waals surface area (Å²) in [6.45, 7) is 4.17. The monoisotopic (exact) mass is 340 g/mol. The van der Waals surface area contributed by atoms with Gasteiger partial charge in [-0.05, 0) is 19.4 Å². The molecule has 1 rings (SSSR count). The van der Waals surface area contributed by atoms with Crippen LogP contribution < -0.4 is 5.43 Å². The predicted octanol–water partition coefficient (Wildman–Crippen LogP) is 3.56. The van der Waals surface area contributed by atoms with Crippen LogP contribution in [-0.2, 0) is 16.1 Å². The molecule has 0 atom stereocenters. The van der Waals surface area contributed by atoms with E-state index in [2.05, 4.69) is 26.5 Å². The van der Waals surface area contributed by atoms with Crippen molar-refractivity contribution in [1.29, 1.82) is 0 Å². The maximum Gasteiger partial charge on any atom is 0.427 e. The van der Waals surface area contributed by atoms with Crippen LogP contribution in [0.25, 0.3) is 0 Å². The number of hydrazone groups is 1. The summed E-state index contributed by atoms with van der Waals surface area (Å²) in [6, 6.07) is 9.77. The van der Waals surface area contributed by atoms with E-state index < -0.39 is 6.09 Å². The number of allylic oxidation sites excluding steroid dienone is 1. The molecule has 20 heavy (non-hydrogen) atoms. The second-order valence-electron chi connectivity index (χ2n) is 3.78. The summed E-state index contributed by atoms with van der Waals surface area (Å²) in [4.78, 5) is 12.7. The summed E-state index contributed by atoms with van der Waals surface area (Å²) in [6.07, 6.45) is -0.594. The lowest BCUT2D eigenvalue weighted by molar-refractivity contribution is 0.152. The molecule has 0 fully saturated rings. The zero-order valence-corrected chi connectivity index (χ0v) is 13.0. The molecule has 1 aromatic rings. The first kappa shape index (κ1) is 16.2. The Morgan fingerprint density at radius 1 is 1.35 bits per heavy atom. The van der Waals surface area contributed by atoms with Crippen LogP contribution >= 0.6 is 15.9 Å². The standard InChI is InChI=1S/C14H17BrN2O3/c1-3-19-14(18)17-16-11(2)13(9-15)20-10-12-7-5-4-6-8-12/h4-9H,3,10H2,1-2H3,(H,17,18)/b13-9-,16-11+. The molecule has 0 aliphatic heterocycles. The van der Waals surface area contributed by atoms with Crippen molar-refractivity contribution in [2.75, 3.05) is 6.61 Å². The fraction of sp³-hybridized carbons (Fsp3) is 0.286. The Bertz CT molecular complexity index is 486. The average Bonchev–Trinajstić information content (AvgIpc) is 2.47. The maximum absolute atomic E-state index is 11.1. The SMILES string of the molecule is CCOC(=O)N/N=C(C)/C(=C/Br)OCc1ccccc1. The number of nitrogens with one attached hydrogen (secondary N) is 1. The smallest absolute Gasteiger partial charge is 0.427 e. The zero-order chi connectivity index (χ0) is 14.8. The number of carbonyl (C=O) groups is 1. The number of halogens is 1. The summed E-state index contributed by atoms with van der Waals surface area (Å²) in [7, 11) is 0. The van der Waals surface area contributed by atoms with Gasteiger partial charge in [-0.3, -0.25) is 0 Å². The Labute approximate surface area is 126 Å². The molecule has 0 saturated heterocycles. The van der Waals surface area contributed by atoms with E-state index in [9.17, 15) is 4.79 Å². The highest BCUT2D eigenvalue weighted by Gasteiger charge is 2.05. The van der Waals surface area contributed by atoms with Crippen LogP contribution in [0.15, 0.2) is 46.2 Å². The van der Waals surface area contributed by atoms with E-state index in [0.29, 0.717) is 24.7 Å². The number of hydrogen-bond acceptors (Lipinski definition) is 4. The van der Waals surface area contributed by atoms with Crippen molar-refractivity contribution in [3.63, 3.8) is 0 Å². The van der Waals surface area contributed by atoms with Gasteiger partial charge in [0.25, 0.3) is 0 Å². The molecule has 1 amide bonds. The first-order valence-corrected chi connectivity index (χ1v) is 7.03. The average molecular weight is 341 g/mol. The molecule has 0 spiro atoms. The Kier molecular flexibility index (Phi) is 7.42. The van der Waals surface area contributed by atoms with Gasteiger partial charge in [0.15, 0.2) is 0 Å². The Morgan fingerprint density at radius 2 is 2.05 bits per heavy atom. The number of carbonyl (C=O) groups excluding carboxylic acids is 1. The van der Waals surface area contributed by atoms with Crippen molar-refractivity contribution >= 4 is 27.7 Å². The summed E-state index contributed by atoms with van der Waals surface area (Å²) < 4.78 is 10.3. The molecule has 0 aliphatic carbocycles. The van der Waals surface area contributed by atoms with Crippen molar-refractivity contribution in [2.24, 2.45) is 5.10 Å². The molecule has 0 heterocycles. The predicted molar refractivity (Wildman–Crippen MR) is 81.5 cm³/mol. The van der Waals surface area contributed by atoms with Crippen LogP contribution in [0, 0.1) is 0 Å². The van der Waals surface area contributed by atoms with E-state index >= 15 is 0 Å². The van der Waals surface area contributed by atoms with E-state index in [-0.39, 0.29) is 0 Å². The van der Waals surface area contributed by atoms with Gasteiger partial charge < -0.3 is 9.47 Å². The number of hydrogen-bond donors (Lipinski definition) is 1. The molecule has 6 heteroatoms. The van der Waals surface area contributed by atoms with E-state index in [1.54, 1.807) is 18.8 Å². The van der Waals surface area contributed by atoms with Crippen LogP contribution in [-0.4, -0.2) is 18.4 Å². The second kappa shape index (κ2) is 9.14. The largest absolute Gasteiger partial charge is 0.486 e. The molecular formula is C14H17BrN2O3. The third-order valence-electron chi connectivity index (χ3n) is 2.28. The number of amides is 1. The molecule has 0 unspecified atom stereocenters. The van der Waals surface area contributed by atoms with Crippen LogP contribution in [0.2, 0.25) is 0 Å². The molecule has 0 aliphatic rings. The molecule has 108 valence electrons. The lowest BCUT2D eigenvalue weighted by atomic mass is 10.2. The van der Waals surface area contributed by atoms with Gasteiger partial charge in [0.1, 0.15) is 18.1 Å². The van der Waals surface area contributed by atoms with Crippen molar-refractivity contribution in [1.82, 2.24) is 5.43 Å². The topological polar surface area (TPSA) is 59.9 Å². The molecule has 0 bridgehead atoms. The van der Waals surface area contributed by atoms with Crippen molar-refractivity contribution in [3.8, 4) is 0 Å². The van der Waals surface area contributed by atoms with Crippen LogP contribution in [0.4, 0.5) is 4.79 Å². The Morgan fingerprint density at radius 3 is 2.65 bits per heavy atom. The fourth-order valence-electron chi connectivity index (χ4n) is 1.30. The van der Waals surface area contributed by atoms with Crippen molar-refractivity contribution < 1.29 is 14.3 Å². The second-order valence-corrected chi connectivity index (χ2v) is 4.23. The quantitative estimate of drug-likeness (QED) is 0.489. The third-order valence-corrected chi connectivity index (χ3v) is 2.70. The van der Waals surface area contributed by atoms with Gasteiger partial charge >= 0.3 is 6.09 Å². The Balaban J connectivity index is 2.53. The van der Waals surface area contributed by atoms with Crippen molar-refractivity contribution in [2.45, 2.75) is 20.5 Å². The molecule has 0 aromatic heterocycles. The van der Waals surface area contributed by atoms with E-state index in [1.807, 2.05) is 30.3 Å². The molecule has 5 nitrogen and oxygen atoms in total. The summed E-state index contributed by atoms with van der Waals surface area (Å²) in [5.74, 6) is 0.533. The minimum atomic E-state index is -0.594. The van der Waals surface area contributed by atoms with E-state index in [4.69, 9.17) is 9.47 Å². The van der Waals surface area contributed by atoms with Gasteiger partial charge in [-0.1, -0.05) is 46.3 Å². The minimum Gasteiger partial charge on any atom is -0.486 e. The molecule has 0 radical (unpaired) electrons. The number of rotatable bonds is 6. The van der Waals surface area contributed by atoms with Gasteiger partial charge in [-0.25, -0.2) is 10.2 Å². The first-order chi connectivity index (χ1) is 9.67. The van der Waals surface area contributed by atoms with Gasteiger partial charge in [0.2, 0.25) is 0 Å². The molecule has 1 N–H and O–H groups in total. The lowest BCUT2D eigenvalue weighted by Crippen LogP contribution is -2.20. The van der Waals surface area contributed by atoms with Gasteiger partial charge in [-0.15, -0.1) is 0 Å². The van der Waals surface area contributed by atoms with Crippen LogP contribution in [0.5, 0.6) is 0 Å². The van der Waals surface area contributed by atoms with Crippen LogP contribution in [0.1, 0.15) is 19.4 Å². The highest BCUT2D eigenvalue weighted by Crippen LogP contribution is 2.09. The van der Waals surface area contributed by atoms with E-state index in [0.717, 1.165) is 5.56 Å². The first-order valence-electron chi connectivity index (χ1n) is 6.12. The number of ether oxygens (including phenoxy) is 2. The van der Waals surface area contributed by atoms with Gasteiger partial charge in [0, 0.05) is 4.99 Å². The maximum atomic E-state index is 11.1. The Hall–Kier alpha value is -1.82. The summed E-state index contributed by atoms with van der Waals surface area (Å²) in [5, 5.41) is 3.89. The molecule has 1 aromatic carbocycles. The fourth-order valence-corrected chi connectivity index (χ4v) is 1.76. The summed E-state index contributed by atoms with van der Waals surface area (Å²) in [5.41, 5.74) is 3.86. The van der Waals surface area contributed by atoms with Crippen molar-refractivity contribution in [3.05, 3.63) is 46.6 Å². The molecule has 0 saturated carbocycles. The number of nitrogens with zero attached hydrogens (tertiary/aromatic N) is 1. The third kappa shape index (κ3) is 5.88. The van der Waals surface area contributed by atoms with Crippen LogP contribution in [0.3, 0.4) is 0 Å². The van der Waals surface area contributed by atoms with Gasteiger partial charge in [0.05, 0.1) is 6.61 Å². The lowest BCUT2D eigenvalue weighted by Gasteiger charge is -2.09. The highest BCUT2D eigenvalue weighted by atomic mass is 79.9. The number of benzene rings is 1.